The van der Waals surface area contributed by atoms with Crippen molar-refractivity contribution in [2.24, 2.45) is 0 Å². The standard InChI is InChI=1S/C15H16.HOP/c1-12(2)14-10-6-7-11-15(14)13-8-4-3-5-9-13;1-2/h3-12H,1-2H3;2H. The predicted octanol–water partition coefficient (Wildman–Crippen LogP) is 4.95. The fraction of sp³-hybridized carbons (Fsp3) is 0.200. The Labute approximate surface area is 105 Å². The van der Waals surface area contributed by atoms with Gasteiger partial charge in [-0.15, -0.1) is 0 Å². The lowest BCUT2D eigenvalue weighted by Gasteiger charge is -2.12. The fourth-order valence-corrected chi connectivity index (χ4v) is 1.88. The second-order valence-electron chi connectivity index (χ2n) is 4.11. The summed E-state index contributed by atoms with van der Waals surface area (Å²) in [6.07, 6.45) is 0. The van der Waals surface area contributed by atoms with E-state index in [9.17, 15) is 0 Å². The van der Waals surface area contributed by atoms with Crippen LogP contribution >= 0.6 is 9.12 Å². The number of hydrogen-bond acceptors (Lipinski definition) is 1. The summed E-state index contributed by atoms with van der Waals surface area (Å²) < 4.78 is 8.06. The summed E-state index contributed by atoms with van der Waals surface area (Å²) in [6.45, 7) is 4.48. The Balaban J connectivity index is 0.000000686. The van der Waals surface area contributed by atoms with Crippen LogP contribution in [0.15, 0.2) is 54.6 Å². The summed E-state index contributed by atoms with van der Waals surface area (Å²) in [5.74, 6) is 0.571. The molecule has 2 heteroatoms. The molecule has 2 aromatic rings. The summed E-state index contributed by atoms with van der Waals surface area (Å²) in [6, 6.07) is 19.2. The van der Waals surface area contributed by atoms with Gasteiger partial charge in [0.25, 0.3) is 0 Å². The molecule has 0 heterocycles. The van der Waals surface area contributed by atoms with Gasteiger partial charge in [0.1, 0.15) is 9.12 Å². The molecule has 0 unspecified atom stereocenters. The molecule has 0 spiro atoms. The molecule has 0 N–H and O–H groups in total. The minimum absolute atomic E-state index is 0.571. The van der Waals surface area contributed by atoms with Crippen LogP contribution in [-0.4, -0.2) is 0 Å². The first-order valence-corrected chi connectivity index (χ1v) is 6.04. The number of rotatable bonds is 2. The minimum Gasteiger partial charge on any atom is -0.279 e. The Morgan fingerprint density at radius 2 is 1.35 bits per heavy atom. The van der Waals surface area contributed by atoms with Gasteiger partial charge in [-0.1, -0.05) is 68.4 Å². The van der Waals surface area contributed by atoms with Crippen molar-refractivity contribution in [2.75, 3.05) is 0 Å². The molecule has 17 heavy (non-hydrogen) atoms. The highest BCUT2D eigenvalue weighted by molar-refractivity contribution is 7.00. The van der Waals surface area contributed by atoms with Crippen LogP contribution in [0.25, 0.3) is 11.1 Å². The van der Waals surface area contributed by atoms with Gasteiger partial charge in [-0.2, -0.15) is 0 Å². The van der Waals surface area contributed by atoms with Gasteiger partial charge in [0, 0.05) is 0 Å². The quantitative estimate of drug-likeness (QED) is 0.683. The Morgan fingerprint density at radius 3 is 1.94 bits per heavy atom. The zero-order chi connectivity index (χ0) is 12.7. The average molecular weight is 244 g/mol. The second kappa shape index (κ2) is 6.98. The van der Waals surface area contributed by atoms with E-state index in [1.807, 2.05) is 0 Å². The maximum absolute atomic E-state index is 8.06. The molecule has 0 radical (unpaired) electrons. The first-order valence-electron chi connectivity index (χ1n) is 5.64. The van der Waals surface area contributed by atoms with Crippen molar-refractivity contribution in [1.29, 1.82) is 0 Å². The highest BCUT2D eigenvalue weighted by atomic mass is 31.0. The molecule has 0 aliphatic carbocycles. The van der Waals surface area contributed by atoms with Crippen molar-refractivity contribution in [1.82, 2.24) is 0 Å². The number of hydrogen-bond donors (Lipinski definition) is 0. The average Bonchev–Trinajstić information content (AvgIpc) is 2.42. The lowest BCUT2D eigenvalue weighted by atomic mass is 9.93. The van der Waals surface area contributed by atoms with Crippen LogP contribution in [0.2, 0.25) is 0 Å². The molecule has 88 valence electrons. The molecule has 0 amide bonds. The van der Waals surface area contributed by atoms with E-state index in [4.69, 9.17) is 4.57 Å². The smallest absolute Gasteiger partial charge is 0.138 e. The molecule has 0 saturated heterocycles. The highest BCUT2D eigenvalue weighted by Gasteiger charge is 2.06. The Morgan fingerprint density at radius 1 is 0.824 bits per heavy atom. The van der Waals surface area contributed by atoms with Gasteiger partial charge < -0.3 is 0 Å². The normalized spacial score (nSPS) is 9.59. The van der Waals surface area contributed by atoms with Gasteiger partial charge >= 0.3 is 0 Å². The Bertz CT molecular complexity index is 451. The van der Waals surface area contributed by atoms with E-state index in [-0.39, 0.29) is 0 Å². The predicted molar refractivity (Wildman–Crippen MR) is 75.0 cm³/mol. The topological polar surface area (TPSA) is 17.1 Å². The molecule has 1 nitrogen and oxygen atoms in total. The minimum atomic E-state index is 0.571. The Kier molecular flexibility index (Phi) is 5.59. The summed E-state index contributed by atoms with van der Waals surface area (Å²) in [5, 5.41) is 0. The van der Waals surface area contributed by atoms with Crippen molar-refractivity contribution in [3.05, 3.63) is 60.2 Å². The van der Waals surface area contributed by atoms with Crippen molar-refractivity contribution in [3.63, 3.8) is 0 Å². The lowest BCUT2D eigenvalue weighted by Crippen LogP contribution is -1.91. The van der Waals surface area contributed by atoms with Gasteiger partial charge in [0.05, 0.1) is 0 Å². The number of benzene rings is 2. The molecular formula is C15H17OP. The van der Waals surface area contributed by atoms with Crippen molar-refractivity contribution in [2.45, 2.75) is 19.8 Å². The third kappa shape index (κ3) is 3.51. The van der Waals surface area contributed by atoms with Crippen LogP contribution in [-0.2, 0) is 4.57 Å². The molecule has 0 aliphatic heterocycles. The van der Waals surface area contributed by atoms with E-state index in [1.54, 1.807) is 9.12 Å². The molecule has 2 aromatic carbocycles. The zero-order valence-corrected chi connectivity index (χ0v) is 11.2. The molecule has 0 aromatic heterocycles. The van der Waals surface area contributed by atoms with Gasteiger partial charge in [-0.25, -0.2) is 0 Å². The maximum atomic E-state index is 8.06. The summed E-state index contributed by atoms with van der Waals surface area (Å²) in [5.41, 5.74) is 4.08. The zero-order valence-electron chi connectivity index (χ0n) is 10.2. The molecule has 0 atom stereocenters. The highest BCUT2D eigenvalue weighted by Crippen LogP contribution is 2.28. The van der Waals surface area contributed by atoms with Crippen LogP contribution in [0.1, 0.15) is 25.3 Å². The van der Waals surface area contributed by atoms with Crippen molar-refractivity contribution >= 4 is 9.12 Å². The van der Waals surface area contributed by atoms with Gasteiger partial charge in [0.2, 0.25) is 0 Å². The molecule has 0 fully saturated rings. The molecular weight excluding hydrogens is 227 g/mol. The van der Waals surface area contributed by atoms with E-state index in [0.717, 1.165) is 0 Å². The van der Waals surface area contributed by atoms with E-state index in [1.165, 1.54) is 16.7 Å². The van der Waals surface area contributed by atoms with Crippen LogP contribution < -0.4 is 0 Å². The van der Waals surface area contributed by atoms with Crippen molar-refractivity contribution in [3.8, 4) is 11.1 Å². The maximum Gasteiger partial charge on any atom is 0.138 e. The molecule has 0 aliphatic rings. The summed E-state index contributed by atoms with van der Waals surface area (Å²) in [7, 11) is 1.72. The van der Waals surface area contributed by atoms with Crippen LogP contribution in [0.3, 0.4) is 0 Å². The largest absolute Gasteiger partial charge is 0.279 e. The second-order valence-corrected chi connectivity index (χ2v) is 4.11. The fourth-order valence-electron chi connectivity index (χ4n) is 1.88. The van der Waals surface area contributed by atoms with Crippen LogP contribution in [0, 0.1) is 0 Å². The summed E-state index contributed by atoms with van der Waals surface area (Å²) >= 11 is 0. The molecule has 2 rings (SSSR count). The van der Waals surface area contributed by atoms with E-state index in [0.29, 0.717) is 5.92 Å². The van der Waals surface area contributed by atoms with Crippen LogP contribution in [0.5, 0.6) is 0 Å². The van der Waals surface area contributed by atoms with E-state index in [2.05, 4.69) is 68.4 Å². The third-order valence-electron chi connectivity index (χ3n) is 2.67. The van der Waals surface area contributed by atoms with E-state index < -0.39 is 0 Å². The van der Waals surface area contributed by atoms with E-state index >= 15 is 0 Å². The first kappa shape index (κ1) is 13.6. The van der Waals surface area contributed by atoms with Gasteiger partial charge in [0.15, 0.2) is 0 Å². The third-order valence-corrected chi connectivity index (χ3v) is 2.67. The lowest BCUT2D eigenvalue weighted by molar-refractivity contribution is 0.607. The molecule has 0 saturated carbocycles. The monoisotopic (exact) mass is 244 g/mol. The van der Waals surface area contributed by atoms with Gasteiger partial charge in [-0.05, 0) is 22.6 Å². The van der Waals surface area contributed by atoms with Crippen molar-refractivity contribution < 1.29 is 4.57 Å². The molecule has 0 bridgehead atoms. The van der Waals surface area contributed by atoms with Crippen LogP contribution in [0.4, 0.5) is 0 Å². The first-order chi connectivity index (χ1) is 8.29. The summed E-state index contributed by atoms with van der Waals surface area (Å²) in [4.78, 5) is 0. The Hall–Kier alpha value is -1.46. The van der Waals surface area contributed by atoms with Gasteiger partial charge in [-0.3, -0.25) is 4.57 Å². The SMILES string of the molecule is CC(C)c1ccccc1-c1ccccc1.O=P.